The van der Waals surface area contributed by atoms with E-state index >= 15 is 0 Å². The molecule has 2 aliphatic heterocycles. The van der Waals surface area contributed by atoms with Crippen molar-refractivity contribution in [2.45, 2.75) is 51.4 Å². The number of hydrogen-bond donors (Lipinski definition) is 1. The lowest BCUT2D eigenvalue weighted by Gasteiger charge is -2.33. The van der Waals surface area contributed by atoms with Gasteiger partial charge in [-0.05, 0) is 57.5 Å². The molecule has 0 bridgehead atoms. The molecule has 3 aliphatic rings. The van der Waals surface area contributed by atoms with E-state index < -0.39 is 0 Å². The van der Waals surface area contributed by atoms with Crippen molar-refractivity contribution in [1.29, 1.82) is 0 Å². The van der Waals surface area contributed by atoms with Crippen molar-refractivity contribution < 1.29 is 9.59 Å². The SMILES string of the molecule is O=C(CN1CCC(C(=O)N2CCCCCC2)CC1)NCC1CC1. The Hall–Kier alpha value is -1.10. The minimum absolute atomic E-state index is 0.147. The molecule has 0 aromatic heterocycles. The van der Waals surface area contributed by atoms with Gasteiger partial charge in [0.25, 0.3) is 0 Å². The zero-order chi connectivity index (χ0) is 16.1. The normalized spacial score (nSPS) is 24.3. The van der Waals surface area contributed by atoms with E-state index in [0.29, 0.717) is 12.5 Å². The topological polar surface area (TPSA) is 52.7 Å². The summed E-state index contributed by atoms with van der Waals surface area (Å²) in [6.45, 7) is 4.99. The van der Waals surface area contributed by atoms with Crippen LogP contribution in [0, 0.1) is 11.8 Å². The fraction of sp³-hybridized carbons (Fsp3) is 0.889. The van der Waals surface area contributed by atoms with Crippen molar-refractivity contribution >= 4 is 11.8 Å². The van der Waals surface area contributed by atoms with Gasteiger partial charge in [-0.3, -0.25) is 14.5 Å². The average Bonchev–Trinajstić information content (AvgIpc) is 3.40. The smallest absolute Gasteiger partial charge is 0.234 e. The largest absolute Gasteiger partial charge is 0.355 e. The maximum absolute atomic E-state index is 12.6. The molecule has 1 aliphatic carbocycles. The number of amides is 2. The standard InChI is InChI=1S/C18H31N3O2/c22-17(19-13-15-5-6-15)14-20-11-7-16(8-12-20)18(23)21-9-3-1-2-4-10-21/h15-16H,1-14H2,(H,19,22). The van der Waals surface area contributed by atoms with Crippen molar-refractivity contribution in [3.05, 3.63) is 0 Å². The van der Waals surface area contributed by atoms with Crippen LogP contribution in [-0.4, -0.2) is 60.9 Å². The Kier molecular flexibility index (Phi) is 5.92. The Labute approximate surface area is 139 Å². The Balaban J connectivity index is 1.37. The van der Waals surface area contributed by atoms with Crippen molar-refractivity contribution in [2.75, 3.05) is 39.3 Å². The summed E-state index contributed by atoms with van der Waals surface area (Å²) in [4.78, 5) is 28.9. The highest BCUT2D eigenvalue weighted by atomic mass is 16.2. The maximum Gasteiger partial charge on any atom is 0.234 e. The van der Waals surface area contributed by atoms with Gasteiger partial charge in [0.1, 0.15) is 0 Å². The monoisotopic (exact) mass is 321 g/mol. The zero-order valence-corrected chi connectivity index (χ0v) is 14.3. The van der Waals surface area contributed by atoms with Crippen LogP contribution in [0.5, 0.6) is 0 Å². The Morgan fingerprint density at radius 3 is 2.13 bits per heavy atom. The third-order valence-corrected chi connectivity index (χ3v) is 5.51. The van der Waals surface area contributed by atoms with Crippen LogP contribution in [0.3, 0.4) is 0 Å². The number of likely N-dealkylation sites (tertiary alicyclic amines) is 2. The van der Waals surface area contributed by atoms with Gasteiger partial charge < -0.3 is 10.2 Å². The lowest BCUT2D eigenvalue weighted by atomic mass is 9.95. The molecule has 5 heteroatoms. The quantitative estimate of drug-likeness (QED) is 0.837. The van der Waals surface area contributed by atoms with E-state index in [1.165, 1.54) is 25.7 Å². The average molecular weight is 321 g/mol. The lowest BCUT2D eigenvalue weighted by molar-refractivity contribution is -0.137. The molecule has 5 nitrogen and oxygen atoms in total. The zero-order valence-electron chi connectivity index (χ0n) is 14.3. The second-order valence-corrected chi connectivity index (χ2v) is 7.54. The summed E-state index contributed by atoms with van der Waals surface area (Å²) < 4.78 is 0. The van der Waals surface area contributed by atoms with Crippen molar-refractivity contribution in [3.8, 4) is 0 Å². The molecule has 0 atom stereocenters. The molecule has 23 heavy (non-hydrogen) atoms. The second kappa shape index (κ2) is 8.13. The fourth-order valence-corrected chi connectivity index (χ4v) is 3.73. The first-order chi connectivity index (χ1) is 11.2. The number of carbonyl (C=O) groups excluding carboxylic acids is 2. The Bertz CT molecular complexity index is 406. The lowest BCUT2D eigenvalue weighted by Crippen LogP contribution is -2.45. The fourth-order valence-electron chi connectivity index (χ4n) is 3.73. The summed E-state index contributed by atoms with van der Waals surface area (Å²) in [6.07, 6.45) is 9.19. The molecule has 130 valence electrons. The number of nitrogens with zero attached hydrogens (tertiary/aromatic N) is 2. The number of piperidine rings is 1. The third kappa shape index (κ3) is 5.20. The minimum atomic E-state index is 0.147. The van der Waals surface area contributed by atoms with Gasteiger partial charge in [0, 0.05) is 25.6 Å². The summed E-state index contributed by atoms with van der Waals surface area (Å²) >= 11 is 0. The van der Waals surface area contributed by atoms with Crippen LogP contribution in [0.25, 0.3) is 0 Å². The molecule has 2 heterocycles. The van der Waals surface area contributed by atoms with E-state index in [9.17, 15) is 9.59 Å². The van der Waals surface area contributed by atoms with Crippen LogP contribution in [0.15, 0.2) is 0 Å². The highest BCUT2D eigenvalue weighted by Crippen LogP contribution is 2.27. The van der Waals surface area contributed by atoms with Crippen molar-refractivity contribution in [3.63, 3.8) is 0 Å². The predicted octanol–water partition coefficient (Wildman–Crippen LogP) is 1.63. The number of nitrogens with one attached hydrogen (secondary N) is 1. The predicted molar refractivity (Wildman–Crippen MR) is 89.9 cm³/mol. The Morgan fingerprint density at radius 2 is 1.52 bits per heavy atom. The molecule has 2 saturated heterocycles. The van der Waals surface area contributed by atoms with Gasteiger partial charge in [-0.1, -0.05) is 12.8 Å². The van der Waals surface area contributed by atoms with Crippen LogP contribution in [0.2, 0.25) is 0 Å². The summed E-state index contributed by atoms with van der Waals surface area (Å²) in [7, 11) is 0. The van der Waals surface area contributed by atoms with Gasteiger partial charge in [0.15, 0.2) is 0 Å². The summed E-state index contributed by atoms with van der Waals surface area (Å²) in [6, 6.07) is 0. The summed E-state index contributed by atoms with van der Waals surface area (Å²) in [5.41, 5.74) is 0. The van der Waals surface area contributed by atoms with E-state index in [-0.39, 0.29) is 11.8 Å². The molecular weight excluding hydrogens is 290 g/mol. The summed E-state index contributed by atoms with van der Waals surface area (Å²) in [5.74, 6) is 1.42. The molecular formula is C18H31N3O2. The first kappa shape index (κ1) is 16.7. The molecule has 0 aromatic carbocycles. The van der Waals surface area contributed by atoms with Crippen molar-refractivity contribution in [2.24, 2.45) is 11.8 Å². The first-order valence-electron chi connectivity index (χ1n) is 9.50. The molecule has 1 N–H and O–H groups in total. The van der Waals surface area contributed by atoms with Crippen LogP contribution in [-0.2, 0) is 9.59 Å². The molecule has 0 aromatic rings. The number of hydrogen-bond acceptors (Lipinski definition) is 3. The minimum Gasteiger partial charge on any atom is -0.355 e. The molecule has 0 unspecified atom stereocenters. The first-order valence-corrected chi connectivity index (χ1v) is 9.50. The van der Waals surface area contributed by atoms with Crippen LogP contribution in [0.4, 0.5) is 0 Å². The van der Waals surface area contributed by atoms with Gasteiger partial charge in [-0.15, -0.1) is 0 Å². The van der Waals surface area contributed by atoms with Gasteiger partial charge >= 0.3 is 0 Å². The summed E-state index contributed by atoms with van der Waals surface area (Å²) in [5, 5.41) is 3.03. The molecule has 0 spiro atoms. The van der Waals surface area contributed by atoms with E-state index in [1.807, 2.05) is 0 Å². The van der Waals surface area contributed by atoms with E-state index in [0.717, 1.165) is 64.3 Å². The van der Waals surface area contributed by atoms with E-state index in [2.05, 4.69) is 15.1 Å². The van der Waals surface area contributed by atoms with E-state index in [1.54, 1.807) is 0 Å². The number of rotatable bonds is 5. The van der Waals surface area contributed by atoms with E-state index in [4.69, 9.17) is 0 Å². The highest BCUT2D eigenvalue weighted by molar-refractivity contribution is 5.79. The van der Waals surface area contributed by atoms with Crippen LogP contribution >= 0.6 is 0 Å². The Morgan fingerprint density at radius 1 is 0.870 bits per heavy atom. The van der Waals surface area contributed by atoms with Gasteiger partial charge in [0.05, 0.1) is 6.54 Å². The van der Waals surface area contributed by atoms with Gasteiger partial charge in [0.2, 0.25) is 11.8 Å². The molecule has 3 fully saturated rings. The highest BCUT2D eigenvalue weighted by Gasteiger charge is 2.29. The second-order valence-electron chi connectivity index (χ2n) is 7.54. The molecule has 1 saturated carbocycles. The van der Waals surface area contributed by atoms with Crippen LogP contribution in [0.1, 0.15) is 51.4 Å². The van der Waals surface area contributed by atoms with Gasteiger partial charge in [-0.2, -0.15) is 0 Å². The third-order valence-electron chi connectivity index (χ3n) is 5.51. The number of carbonyl (C=O) groups is 2. The molecule has 3 rings (SSSR count). The van der Waals surface area contributed by atoms with Crippen molar-refractivity contribution in [1.82, 2.24) is 15.1 Å². The van der Waals surface area contributed by atoms with Gasteiger partial charge in [-0.25, -0.2) is 0 Å². The molecule has 2 amide bonds. The maximum atomic E-state index is 12.6. The van der Waals surface area contributed by atoms with Crippen LogP contribution < -0.4 is 5.32 Å². The molecule has 0 radical (unpaired) electrons.